The Kier molecular flexibility index (Phi) is 3.65. The molecule has 1 saturated carbocycles. The molecule has 1 aliphatic rings. The molecule has 1 aliphatic carbocycles. The van der Waals surface area contributed by atoms with Crippen molar-refractivity contribution in [2.45, 2.75) is 46.1 Å². The Balaban J connectivity index is 1.97. The van der Waals surface area contributed by atoms with E-state index in [0.29, 0.717) is 11.5 Å². The molecule has 1 N–H and O–H groups in total. The third-order valence-electron chi connectivity index (χ3n) is 3.54. The summed E-state index contributed by atoms with van der Waals surface area (Å²) in [6.07, 6.45) is 6.03. The first-order chi connectivity index (χ1) is 7.60. The van der Waals surface area contributed by atoms with E-state index in [-0.39, 0.29) is 0 Å². The van der Waals surface area contributed by atoms with E-state index in [0.717, 1.165) is 12.5 Å². The Morgan fingerprint density at radius 2 is 2.31 bits per heavy atom. The van der Waals surface area contributed by atoms with Crippen molar-refractivity contribution in [3.63, 3.8) is 0 Å². The van der Waals surface area contributed by atoms with Gasteiger partial charge in [0, 0.05) is 23.7 Å². The van der Waals surface area contributed by atoms with Crippen molar-refractivity contribution in [2.24, 2.45) is 11.3 Å². The maximum Gasteiger partial charge on any atom is 0.0794 e. The van der Waals surface area contributed by atoms with Crippen molar-refractivity contribution in [2.75, 3.05) is 6.54 Å². The number of nitrogens with one attached hydrogen (secondary N) is 1. The lowest BCUT2D eigenvalue weighted by Crippen LogP contribution is -2.38. The van der Waals surface area contributed by atoms with Crippen LogP contribution in [0.4, 0.5) is 0 Å². The molecule has 3 heteroatoms. The molecule has 0 radical (unpaired) electrons. The van der Waals surface area contributed by atoms with Gasteiger partial charge in [-0.05, 0) is 30.6 Å². The summed E-state index contributed by atoms with van der Waals surface area (Å²) in [7, 11) is 0. The van der Waals surface area contributed by atoms with Crippen LogP contribution in [0.3, 0.4) is 0 Å². The van der Waals surface area contributed by atoms with Crippen LogP contribution in [0, 0.1) is 11.3 Å². The first-order valence-electron chi connectivity index (χ1n) is 6.21. The van der Waals surface area contributed by atoms with Crippen LogP contribution in [0.1, 0.15) is 38.5 Å². The summed E-state index contributed by atoms with van der Waals surface area (Å²) in [5.41, 5.74) is 2.37. The first-order valence-corrected chi connectivity index (χ1v) is 7.09. The van der Waals surface area contributed by atoms with Crippen LogP contribution < -0.4 is 5.32 Å². The Hall–Kier alpha value is -0.410. The number of rotatable bonds is 6. The molecule has 0 amide bonds. The lowest BCUT2D eigenvalue weighted by Gasteiger charge is -2.30. The molecule has 0 aliphatic heterocycles. The third-order valence-corrected chi connectivity index (χ3v) is 4.32. The number of thiazole rings is 1. The molecule has 90 valence electrons. The molecular weight excluding hydrogens is 216 g/mol. The van der Waals surface area contributed by atoms with E-state index >= 15 is 0 Å². The zero-order chi connectivity index (χ0) is 11.6. The molecule has 1 heterocycles. The molecule has 0 saturated heterocycles. The van der Waals surface area contributed by atoms with Crippen LogP contribution in [0.5, 0.6) is 0 Å². The second kappa shape index (κ2) is 4.84. The number of hydrogen-bond donors (Lipinski definition) is 1. The minimum Gasteiger partial charge on any atom is -0.314 e. The smallest absolute Gasteiger partial charge is 0.0794 e. The van der Waals surface area contributed by atoms with Crippen LogP contribution in [-0.4, -0.2) is 17.6 Å². The predicted molar refractivity (Wildman–Crippen MR) is 69.8 cm³/mol. The molecular formula is C13H22N2S. The summed E-state index contributed by atoms with van der Waals surface area (Å²) in [6, 6.07) is 0.583. The average molecular weight is 238 g/mol. The van der Waals surface area contributed by atoms with Crippen LogP contribution >= 0.6 is 11.3 Å². The second-order valence-corrected chi connectivity index (χ2v) is 6.58. The minimum atomic E-state index is 0.427. The summed E-state index contributed by atoms with van der Waals surface area (Å²) in [5, 5.41) is 3.60. The Bertz CT molecular complexity index is 317. The van der Waals surface area contributed by atoms with Crippen LogP contribution in [-0.2, 0) is 6.42 Å². The molecule has 2 nitrogen and oxygen atoms in total. The van der Waals surface area contributed by atoms with Gasteiger partial charge in [-0.25, -0.2) is 0 Å². The van der Waals surface area contributed by atoms with Gasteiger partial charge in [-0.3, -0.25) is 4.98 Å². The molecule has 2 rings (SSSR count). The van der Waals surface area contributed by atoms with Crippen LogP contribution in [0.25, 0.3) is 0 Å². The van der Waals surface area contributed by atoms with Gasteiger partial charge in [0.2, 0.25) is 0 Å². The Morgan fingerprint density at radius 3 is 2.81 bits per heavy atom. The highest BCUT2D eigenvalue weighted by Crippen LogP contribution is 2.47. The van der Waals surface area contributed by atoms with Gasteiger partial charge in [0.25, 0.3) is 0 Å². The molecule has 1 unspecified atom stereocenters. The molecule has 16 heavy (non-hydrogen) atoms. The van der Waals surface area contributed by atoms with Gasteiger partial charge in [-0.1, -0.05) is 20.8 Å². The normalized spacial score (nSPS) is 20.0. The Morgan fingerprint density at radius 1 is 1.56 bits per heavy atom. The lowest BCUT2D eigenvalue weighted by molar-refractivity contribution is 0.250. The minimum absolute atomic E-state index is 0.427. The standard InChI is InChI=1S/C13H22N2S/c1-10(2)15-8-13(3,11-4-5-11)6-12-7-14-9-16-12/h7,9-11,15H,4-6,8H2,1-3H3. The predicted octanol–water partition coefficient (Wildman–Crippen LogP) is 3.10. The highest BCUT2D eigenvalue weighted by Gasteiger charge is 2.41. The summed E-state index contributed by atoms with van der Waals surface area (Å²) in [6.45, 7) is 8.01. The summed E-state index contributed by atoms with van der Waals surface area (Å²) >= 11 is 1.79. The van der Waals surface area contributed by atoms with Crippen molar-refractivity contribution in [1.29, 1.82) is 0 Å². The summed E-state index contributed by atoms with van der Waals surface area (Å²) in [5.74, 6) is 0.917. The third kappa shape index (κ3) is 3.05. The molecule has 0 aromatic carbocycles. The zero-order valence-electron chi connectivity index (χ0n) is 10.5. The second-order valence-electron chi connectivity index (χ2n) is 5.61. The number of hydrogen-bond acceptors (Lipinski definition) is 3. The average Bonchev–Trinajstić information content (AvgIpc) is 2.98. The van der Waals surface area contributed by atoms with Crippen molar-refractivity contribution in [1.82, 2.24) is 10.3 Å². The van der Waals surface area contributed by atoms with Gasteiger partial charge >= 0.3 is 0 Å². The molecule has 0 bridgehead atoms. The van der Waals surface area contributed by atoms with E-state index < -0.39 is 0 Å². The van der Waals surface area contributed by atoms with Gasteiger partial charge in [0.1, 0.15) is 0 Å². The quantitative estimate of drug-likeness (QED) is 0.824. The van der Waals surface area contributed by atoms with Gasteiger partial charge in [0.05, 0.1) is 5.51 Å². The molecule has 1 atom stereocenters. The molecule has 0 spiro atoms. The zero-order valence-corrected chi connectivity index (χ0v) is 11.3. The maximum atomic E-state index is 4.18. The van der Waals surface area contributed by atoms with Crippen molar-refractivity contribution >= 4 is 11.3 Å². The maximum absolute atomic E-state index is 4.18. The molecule has 1 aromatic rings. The summed E-state index contributed by atoms with van der Waals surface area (Å²) in [4.78, 5) is 5.61. The highest BCUT2D eigenvalue weighted by molar-refractivity contribution is 7.09. The number of nitrogens with zero attached hydrogens (tertiary/aromatic N) is 1. The molecule has 1 aromatic heterocycles. The van der Waals surface area contributed by atoms with Crippen molar-refractivity contribution < 1.29 is 0 Å². The van der Waals surface area contributed by atoms with Crippen molar-refractivity contribution in [3.8, 4) is 0 Å². The molecule has 1 fully saturated rings. The van der Waals surface area contributed by atoms with E-state index in [1.165, 1.54) is 24.1 Å². The van der Waals surface area contributed by atoms with E-state index in [9.17, 15) is 0 Å². The fraction of sp³-hybridized carbons (Fsp3) is 0.769. The van der Waals surface area contributed by atoms with Crippen molar-refractivity contribution in [3.05, 3.63) is 16.6 Å². The van der Waals surface area contributed by atoms with Gasteiger partial charge in [-0.2, -0.15) is 0 Å². The van der Waals surface area contributed by atoms with E-state index in [1.807, 2.05) is 11.7 Å². The number of aromatic nitrogens is 1. The van der Waals surface area contributed by atoms with Gasteiger partial charge in [0.15, 0.2) is 0 Å². The topological polar surface area (TPSA) is 24.9 Å². The van der Waals surface area contributed by atoms with E-state index in [1.54, 1.807) is 11.3 Å². The van der Waals surface area contributed by atoms with Crippen LogP contribution in [0.15, 0.2) is 11.7 Å². The lowest BCUT2D eigenvalue weighted by atomic mass is 9.81. The fourth-order valence-electron chi connectivity index (χ4n) is 2.30. The van der Waals surface area contributed by atoms with Gasteiger partial charge in [-0.15, -0.1) is 11.3 Å². The summed E-state index contributed by atoms with van der Waals surface area (Å²) < 4.78 is 0. The Labute approximate surface area is 102 Å². The SMILES string of the molecule is CC(C)NCC(C)(Cc1cncs1)C1CC1. The largest absolute Gasteiger partial charge is 0.314 e. The highest BCUT2D eigenvalue weighted by atomic mass is 32.1. The fourth-order valence-corrected chi connectivity index (χ4v) is 3.09. The monoisotopic (exact) mass is 238 g/mol. The van der Waals surface area contributed by atoms with Crippen LogP contribution in [0.2, 0.25) is 0 Å². The van der Waals surface area contributed by atoms with Gasteiger partial charge < -0.3 is 5.32 Å². The van der Waals surface area contributed by atoms with E-state index in [4.69, 9.17) is 0 Å². The first kappa shape index (κ1) is 12.1. The van der Waals surface area contributed by atoms with E-state index in [2.05, 4.69) is 31.1 Å².